The van der Waals surface area contributed by atoms with E-state index in [1.54, 1.807) is 6.20 Å². The van der Waals surface area contributed by atoms with Crippen LogP contribution in [0.25, 0.3) is 0 Å². The number of carbonyl (C=O) groups excluding carboxylic acids is 1. The zero-order chi connectivity index (χ0) is 7.94. The molecule has 0 spiro atoms. The maximum atomic E-state index is 10.9. The van der Waals surface area contributed by atoms with Gasteiger partial charge in [0, 0.05) is 6.42 Å². The Bertz CT molecular complexity index is 152. The normalized spacial score (nSPS) is 20.9. The Labute approximate surface area is 67.7 Å². The van der Waals surface area contributed by atoms with Crippen LogP contribution in [-0.4, -0.2) is 5.91 Å². The fourth-order valence-corrected chi connectivity index (χ4v) is 1.21. The predicted molar refractivity (Wildman–Crippen MR) is 45.0 cm³/mol. The first kappa shape index (κ1) is 8.31. The molecule has 11 heavy (non-hydrogen) atoms. The lowest BCUT2D eigenvalue weighted by atomic mass is 10.1. The Balaban J connectivity index is 2.30. The van der Waals surface area contributed by atoms with E-state index in [4.69, 9.17) is 0 Å². The zero-order valence-electron chi connectivity index (χ0n) is 6.81. The van der Waals surface area contributed by atoms with Gasteiger partial charge in [0.25, 0.3) is 0 Å². The van der Waals surface area contributed by atoms with Crippen LogP contribution < -0.4 is 5.32 Å². The van der Waals surface area contributed by atoms with Crippen molar-refractivity contribution in [1.82, 2.24) is 5.32 Å². The molecule has 1 N–H and O–H groups in total. The number of rotatable bonds is 0. The zero-order valence-corrected chi connectivity index (χ0v) is 6.81. The molecule has 1 aliphatic rings. The van der Waals surface area contributed by atoms with Gasteiger partial charge in [0.15, 0.2) is 0 Å². The van der Waals surface area contributed by atoms with Crippen LogP contribution >= 0.6 is 0 Å². The molecule has 62 valence electrons. The summed E-state index contributed by atoms with van der Waals surface area (Å²) in [6.07, 6.45) is 10.3. The van der Waals surface area contributed by atoms with Gasteiger partial charge in [0.05, 0.1) is 0 Å². The van der Waals surface area contributed by atoms with Gasteiger partial charge in [-0.05, 0) is 25.5 Å². The summed E-state index contributed by atoms with van der Waals surface area (Å²) < 4.78 is 0. The van der Waals surface area contributed by atoms with E-state index in [1.165, 1.54) is 19.3 Å². The summed E-state index contributed by atoms with van der Waals surface area (Å²) in [4.78, 5) is 10.9. The summed E-state index contributed by atoms with van der Waals surface area (Å²) in [5.74, 6) is 0.156. The minimum absolute atomic E-state index is 0.156. The lowest BCUT2D eigenvalue weighted by Gasteiger charge is -2.03. The Morgan fingerprint density at radius 3 is 2.91 bits per heavy atom. The highest BCUT2D eigenvalue weighted by molar-refractivity contribution is 5.76. The van der Waals surface area contributed by atoms with Gasteiger partial charge in [-0.15, -0.1) is 0 Å². The molecule has 0 fully saturated rings. The minimum Gasteiger partial charge on any atom is -0.333 e. The molecule has 0 unspecified atom stereocenters. The summed E-state index contributed by atoms with van der Waals surface area (Å²) in [6.45, 7) is 0. The lowest BCUT2D eigenvalue weighted by molar-refractivity contribution is -0.120. The molecule has 1 aliphatic heterocycles. The molecule has 0 atom stereocenters. The lowest BCUT2D eigenvalue weighted by Crippen LogP contribution is -2.16. The van der Waals surface area contributed by atoms with Crippen LogP contribution in [-0.2, 0) is 4.79 Å². The van der Waals surface area contributed by atoms with E-state index in [0.29, 0.717) is 6.42 Å². The van der Waals surface area contributed by atoms with Crippen LogP contribution in [0.15, 0.2) is 12.3 Å². The summed E-state index contributed by atoms with van der Waals surface area (Å²) in [5, 5.41) is 2.73. The fourth-order valence-electron chi connectivity index (χ4n) is 1.21. The molecule has 1 rings (SSSR count). The van der Waals surface area contributed by atoms with Gasteiger partial charge in [-0.2, -0.15) is 0 Å². The fraction of sp³-hybridized carbons (Fsp3) is 0.667. The molecule has 0 aromatic carbocycles. The predicted octanol–water partition coefficient (Wildman–Crippen LogP) is 1.97. The van der Waals surface area contributed by atoms with Gasteiger partial charge in [-0.1, -0.05) is 18.9 Å². The summed E-state index contributed by atoms with van der Waals surface area (Å²) in [6, 6.07) is 0. The summed E-state index contributed by atoms with van der Waals surface area (Å²) in [7, 11) is 0. The first-order valence-electron chi connectivity index (χ1n) is 4.34. The van der Waals surface area contributed by atoms with Crippen molar-refractivity contribution in [3.8, 4) is 0 Å². The molecular weight excluding hydrogens is 138 g/mol. The third kappa shape index (κ3) is 3.81. The Morgan fingerprint density at radius 2 is 2.00 bits per heavy atom. The first-order chi connectivity index (χ1) is 5.39. The summed E-state index contributed by atoms with van der Waals surface area (Å²) >= 11 is 0. The average molecular weight is 153 g/mol. The van der Waals surface area contributed by atoms with Crippen molar-refractivity contribution in [1.29, 1.82) is 0 Å². The number of amides is 1. The van der Waals surface area contributed by atoms with Crippen molar-refractivity contribution in [2.24, 2.45) is 0 Å². The van der Waals surface area contributed by atoms with E-state index in [-0.39, 0.29) is 5.91 Å². The first-order valence-corrected chi connectivity index (χ1v) is 4.34. The molecule has 0 saturated heterocycles. The summed E-state index contributed by atoms with van der Waals surface area (Å²) in [5.41, 5.74) is 0. The monoisotopic (exact) mass is 153 g/mol. The topological polar surface area (TPSA) is 29.1 Å². The average Bonchev–Trinajstić information content (AvgIpc) is 2.03. The molecule has 0 aliphatic carbocycles. The van der Waals surface area contributed by atoms with Gasteiger partial charge in [0.2, 0.25) is 5.91 Å². The van der Waals surface area contributed by atoms with Crippen molar-refractivity contribution in [3.63, 3.8) is 0 Å². The molecule has 2 heteroatoms. The second-order valence-electron chi connectivity index (χ2n) is 2.92. The number of hydrogen-bond donors (Lipinski definition) is 1. The third-order valence-corrected chi connectivity index (χ3v) is 1.89. The SMILES string of the molecule is O=C1CCCCCCC=CN1. The molecule has 2 nitrogen and oxygen atoms in total. The third-order valence-electron chi connectivity index (χ3n) is 1.89. The van der Waals surface area contributed by atoms with E-state index in [2.05, 4.69) is 5.32 Å². The largest absolute Gasteiger partial charge is 0.333 e. The van der Waals surface area contributed by atoms with Gasteiger partial charge >= 0.3 is 0 Å². The molecule has 1 heterocycles. The van der Waals surface area contributed by atoms with E-state index < -0.39 is 0 Å². The van der Waals surface area contributed by atoms with Crippen molar-refractivity contribution in [2.75, 3.05) is 0 Å². The minimum atomic E-state index is 0.156. The number of carbonyl (C=O) groups is 1. The number of hydrogen-bond acceptors (Lipinski definition) is 1. The van der Waals surface area contributed by atoms with Gasteiger partial charge in [-0.3, -0.25) is 4.79 Å². The van der Waals surface area contributed by atoms with Crippen LogP contribution in [0.5, 0.6) is 0 Å². The molecule has 0 aromatic rings. The highest BCUT2D eigenvalue weighted by Crippen LogP contribution is 2.06. The second-order valence-corrected chi connectivity index (χ2v) is 2.92. The van der Waals surface area contributed by atoms with E-state index in [9.17, 15) is 4.79 Å². The highest BCUT2D eigenvalue weighted by Gasteiger charge is 1.99. The molecule has 0 radical (unpaired) electrons. The van der Waals surface area contributed by atoms with Crippen LogP contribution in [0.4, 0.5) is 0 Å². The molecular formula is C9H15NO. The van der Waals surface area contributed by atoms with Crippen LogP contribution in [0.3, 0.4) is 0 Å². The van der Waals surface area contributed by atoms with E-state index in [0.717, 1.165) is 12.8 Å². The van der Waals surface area contributed by atoms with Crippen LogP contribution in [0, 0.1) is 0 Å². The maximum Gasteiger partial charge on any atom is 0.223 e. The molecule has 1 amide bonds. The Kier molecular flexibility index (Phi) is 3.73. The number of allylic oxidation sites excluding steroid dienone is 1. The Morgan fingerprint density at radius 1 is 1.18 bits per heavy atom. The van der Waals surface area contributed by atoms with E-state index in [1.807, 2.05) is 6.08 Å². The van der Waals surface area contributed by atoms with Crippen molar-refractivity contribution < 1.29 is 4.79 Å². The molecule has 0 aromatic heterocycles. The van der Waals surface area contributed by atoms with Crippen LogP contribution in [0.2, 0.25) is 0 Å². The highest BCUT2D eigenvalue weighted by atomic mass is 16.1. The van der Waals surface area contributed by atoms with Gasteiger partial charge in [-0.25, -0.2) is 0 Å². The Hall–Kier alpha value is -0.790. The van der Waals surface area contributed by atoms with Gasteiger partial charge < -0.3 is 5.32 Å². The quantitative estimate of drug-likeness (QED) is 0.566. The molecule has 0 saturated carbocycles. The maximum absolute atomic E-state index is 10.9. The van der Waals surface area contributed by atoms with Crippen LogP contribution in [0.1, 0.15) is 38.5 Å². The van der Waals surface area contributed by atoms with Gasteiger partial charge in [0.1, 0.15) is 0 Å². The standard InChI is InChI=1S/C9H15NO/c11-9-7-5-3-1-2-4-6-8-10-9/h6,8H,1-5,7H2,(H,10,11). The molecule has 0 bridgehead atoms. The second kappa shape index (κ2) is 4.94. The van der Waals surface area contributed by atoms with Crippen molar-refractivity contribution >= 4 is 5.91 Å². The van der Waals surface area contributed by atoms with Crippen molar-refractivity contribution in [3.05, 3.63) is 12.3 Å². The van der Waals surface area contributed by atoms with E-state index >= 15 is 0 Å². The van der Waals surface area contributed by atoms with Crippen molar-refractivity contribution in [2.45, 2.75) is 38.5 Å². The number of nitrogens with one attached hydrogen (secondary N) is 1. The smallest absolute Gasteiger partial charge is 0.223 e.